The first-order chi connectivity index (χ1) is 15.8. The maximum Gasteiger partial charge on any atom is 0.179 e. The molecule has 0 bridgehead atoms. The SMILES string of the molecule is CC/C=C/c1nc(CCCC)nn1Cc1ccc(Cc2ccccc2-c2nnn[nH]2)cc1. The molecule has 32 heavy (non-hydrogen) atoms. The van der Waals surface area contributed by atoms with E-state index in [-0.39, 0.29) is 0 Å². The minimum Gasteiger partial charge on any atom is -0.242 e. The van der Waals surface area contributed by atoms with Gasteiger partial charge in [0.05, 0.1) is 6.54 Å². The van der Waals surface area contributed by atoms with Crippen molar-refractivity contribution in [3.63, 3.8) is 0 Å². The first-order valence-electron chi connectivity index (χ1n) is 11.3. The van der Waals surface area contributed by atoms with Gasteiger partial charge in [-0.3, -0.25) is 0 Å². The molecule has 0 amide bonds. The summed E-state index contributed by atoms with van der Waals surface area (Å²) in [7, 11) is 0. The largest absolute Gasteiger partial charge is 0.242 e. The molecular formula is C25H29N7. The number of aryl methyl sites for hydroxylation is 1. The van der Waals surface area contributed by atoms with Gasteiger partial charge in [0, 0.05) is 12.0 Å². The smallest absolute Gasteiger partial charge is 0.179 e. The second-order valence-corrected chi connectivity index (χ2v) is 7.86. The Balaban J connectivity index is 1.49. The van der Waals surface area contributed by atoms with Gasteiger partial charge in [-0.1, -0.05) is 74.9 Å². The van der Waals surface area contributed by atoms with E-state index in [4.69, 9.17) is 10.1 Å². The highest BCUT2D eigenvalue weighted by Gasteiger charge is 2.10. The zero-order valence-electron chi connectivity index (χ0n) is 18.7. The standard InChI is InChI=1S/C25H29N7/c1-3-5-11-23-26-24(12-6-4-2)32(29-23)18-20-15-13-19(14-16-20)17-21-9-7-8-10-22(21)25-27-30-31-28-25/h6-10,12-16H,3-5,11,17-18H2,1-2H3,(H,27,28,30,31)/b12-6+. The van der Waals surface area contributed by atoms with Crippen LogP contribution in [0, 0.1) is 0 Å². The normalized spacial score (nSPS) is 11.4. The lowest BCUT2D eigenvalue weighted by molar-refractivity contribution is 0.656. The Morgan fingerprint density at radius 1 is 1.00 bits per heavy atom. The third-order valence-electron chi connectivity index (χ3n) is 5.37. The number of nitrogens with one attached hydrogen (secondary N) is 1. The Hall–Kier alpha value is -3.61. The fourth-order valence-corrected chi connectivity index (χ4v) is 3.64. The zero-order chi connectivity index (χ0) is 22.2. The summed E-state index contributed by atoms with van der Waals surface area (Å²) in [5, 5.41) is 19.1. The highest BCUT2D eigenvalue weighted by Crippen LogP contribution is 2.22. The van der Waals surface area contributed by atoms with Crippen LogP contribution in [0.15, 0.2) is 54.6 Å². The van der Waals surface area contributed by atoms with Gasteiger partial charge in [-0.05, 0) is 52.5 Å². The van der Waals surface area contributed by atoms with Crippen LogP contribution in [-0.4, -0.2) is 35.4 Å². The summed E-state index contributed by atoms with van der Waals surface area (Å²) in [6.45, 7) is 5.03. The molecule has 0 aliphatic heterocycles. The fourth-order valence-electron chi connectivity index (χ4n) is 3.64. The summed E-state index contributed by atoms with van der Waals surface area (Å²) in [4.78, 5) is 4.73. The number of unbranched alkanes of at least 4 members (excludes halogenated alkanes) is 1. The van der Waals surface area contributed by atoms with Gasteiger partial charge in [0.1, 0.15) is 0 Å². The van der Waals surface area contributed by atoms with Crippen LogP contribution in [0.3, 0.4) is 0 Å². The van der Waals surface area contributed by atoms with Crippen LogP contribution in [0.4, 0.5) is 0 Å². The molecule has 0 fully saturated rings. The number of rotatable bonds is 10. The maximum absolute atomic E-state index is 4.76. The van der Waals surface area contributed by atoms with Crippen molar-refractivity contribution in [2.45, 2.75) is 52.5 Å². The summed E-state index contributed by atoms with van der Waals surface area (Å²) >= 11 is 0. The molecule has 7 nitrogen and oxygen atoms in total. The fraction of sp³-hybridized carbons (Fsp3) is 0.320. The Kier molecular flexibility index (Phi) is 7.17. The molecule has 0 saturated carbocycles. The lowest BCUT2D eigenvalue weighted by atomic mass is 9.98. The van der Waals surface area contributed by atoms with E-state index in [1.165, 1.54) is 16.7 Å². The third-order valence-corrected chi connectivity index (χ3v) is 5.37. The van der Waals surface area contributed by atoms with Crippen LogP contribution in [0.2, 0.25) is 0 Å². The van der Waals surface area contributed by atoms with Crippen molar-refractivity contribution in [3.8, 4) is 11.4 Å². The molecule has 7 heteroatoms. The number of hydrogen-bond acceptors (Lipinski definition) is 5. The molecule has 164 valence electrons. The van der Waals surface area contributed by atoms with E-state index in [2.05, 4.69) is 77.0 Å². The predicted molar refractivity (Wildman–Crippen MR) is 126 cm³/mol. The van der Waals surface area contributed by atoms with Crippen LogP contribution in [0.25, 0.3) is 17.5 Å². The summed E-state index contributed by atoms with van der Waals surface area (Å²) in [5.74, 6) is 2.55. The minimum absolute atomic E-state index is 0.690. The topological polar surface area (TPSA) is 85.2 Å². The number of tetrazole rings is 1. The van der Waals surface area contributed by atoms with Crippen molar-refractivity contribution < 1.29 is 0 Å². The van der Waals surface area contributed by atoms with Gasteiger partial charge in [-0.25, -0.2) is 14.8 Å². The number of H-pyrrole nitrogens is 1. The number of benzene rings is 2. The Labute approximate surface area is 188 Å². The Morgan fingerprint density at radius 3 is 2.56 bits per heavy atom. The first kappa shape index (κ1) is 21.6. The molecule has 0 spiro atoms. The van der Waals surface area contributed by atoms with Crippen LogP contribution in [-0.2, 0) is 19.4 Å². The van der Waals surface area contributed by atoms with E-state index in [9.17, 15) is 0 Å². The molecular weight excluding hydrogens is 398 g/mol. The molecule has 0 saturated heterocycles. The molecule has 2 aromatic heterocycles. The van der Waals surface area contributed by atoms with Crippen molar-refractivity contribution in [2.24, 2.45) is 0 Å². The van der Waals surface area contributed by atoms with Crippen LogP contribution in [0.1, 0.15) is 61.4 Å². The van der Waals surface area contributed by atoms with Gasteiger partial charge < -0.3 is 0 Å². The number of hydrogen-bond donors (Lipinski definition) is 1. The summed E-state index contributed by atoms with van der Waals surface area (Å²) in [5.41, 5.74) is 4.65. The lowest BCUT2D eigenvalue weighted by Gasteiger charge is -2.09. The second kappa shape index (κ2) is 10.6. The second-order valence-electron chi connectivity index (χ2n) is 7.86. The molecule has 1 N–H and O–H groups in total. The van der Waals surface area contributed by atoms with Gasteiger partial charge in [0.25, 0.3) is 0 Å². The van der Waals surface area contributed by atoms with E-state index in [1.807, 2.05) is 22.9 Å². The van der Waals surface area contributed by atoms with E-state index in [0.717, 1.165) is 49.3 Å². The van der Waals surface area contributed by atoms with Gasteiger partial charge in [0.15, 0.2) is 17.5 Å². The molecule has 0 aliphatic carbocycles. The molecule has 0 unspecified atom stereocenters. The number of aromatic amines is 1. The van der Waals surface area contributed by atoms with Crippen molar-refractivity contribution >= 4 is 6.08 Å². The average molecular weight is 428 g/mol. The van der Waals surface area contributed by atoms with Crippen molar-refractivity contribution in [1.82, 2.24) is 35.4 Å². The Morgan fingerprint density at radius 2 is 1.81 bits per heavy atom. The number of nitrogens with zero attached hydrogens (tertiary/aromatic N) is 6. The summed E-state index contributed by atoms with van der Waals surface area (Å²) in [6, 6.07) is 16.9. The number of aromatic nitrogens is 7. The Bertz CT molecular complexity index is 1140. The summed E-state index contributed by atoms with van der Waals surface area (Å²) < 4.78 is 2.01. The molecule has 0 atom stereocenters. The van der Waals surface area contributed by atoms with Gasteiger partial charge >= 0.3 is 0 Å². The van der Waals surface area contributed by atoms with Crippen LogP contribution < -0.4 is 0 Å². The monoisotopic (exact) mass is 427 g/mol. The van der Waals surface area contributed by atoms with Crippen LogP contribution in [0.5, 0.6) is 0 Å². The van der Waals surface area contributed by atoms with Crippen LogP contribution >= 0.6 is 0 Å². The predicted octanol–water partition coefficient (Wildman–Crippen LogP) is 4.86. The third kappa shape index (κ3) is 5.35. The minimum atomic E-state index is 0.690. The van der Waals surface area contributed by atoms with E-state index in [0.29, 0.717) is 12.4 Å². The number of allylic oxidation sites excluding steroid dienone is 1. The average Bonchev–Trinajstić information content (AvgIpc) is 3.48. The van der Waals surface area contributed by atoms with Crippen molar-refractivity contribution in [2.75, 3.05) is 0 Å². The molecule has 2 aromatic carbocycles. The molecule has 4 rings (SSSR count). The quantitative estimate of drug-likeness (QED) is 0.390. The zero-order valence-corrected chi connectivity index (χ0v) is 18.7. The van der Waals surface area contributed by atoms with E-state index >= 15 is 0 Å². The lowest BCUT2D eigenvalue weighted by Crippen LogP contribution is -2.05. The highest BCUT2D eigenvalue weighted by atomic mass is 15.5. The highest BCUT2D eigenvalue weighted by molar-refractivity contribution is 5.60. The molecule has 0 aliphatic rings. The molecule has 0 radical (unpaired) electrons. The first-order valence-corrected chi connectivity index (χ1v) is 11.3. The summed E-state index contributed by atoms with van der Waals surface area (Å²) in [6.07, 6.45) is 9.19. The molecule has 2 heterocycles. The van der Waals surface area contributed by atoms with E-state index < -0.39 is 0 Å². The van der Waals surface area contributed by atoms with Gasteiger partial charge in [-0.2, -0.15) is 5.10 Å². The van der Waals surface area contributed by atoms with Gasteiger partial charge in [0.2, 0.25) is 0 Å². The van der Waals surface area contributed by atoms with Crippen molar-refractivity contribution in [1.29, 1.82) is 0 Å². The maximum atomic E-state index is 4.76. The van der Waals surface area contributed by atoms with Gasteiger partial charge in [-0.15, -0.1) is 5.10 Å². The van der Waals surface area contributed by atoms with Crippen molar-refractivity contribution in [3.05, 3.63) is 82.9 Å². The van der Waals surface area contributed by atoms with E-state index in [1.54, 1.807) is 0 Å². The molecule has 4 aromatic rings.